The van der Waals surface area contributed by atoms with Crippen molar-refractivity contribution in [3.05, 3.63) is 64.8 Å². The van der Waals surface area contributed by atoms with Crippen molar-refractivity contribution in [3.8, 4) is 5.69 Å². The maximum Gasteiger partial charge on any atom is 0.101 e. The van der Waals surface area contributed by atoms with Crippen LogP contribution in [0.4, 0.5) is 4.39 Å². The first-order valence-electron chi connectivity index (χ1n) is 6.16. The third-order valence-corrected chi connectivity index (χ3v) is 3.09. The van der Waals surface area contributed by atoms with E-state index in [9.17, 15) is 4.39 Å². The summed E-state index contributed by atoms with van der Waals surface area (Å²) in [6.07, 6.45) is 3.29. The number of aromatic nitrogens is 1. The molecular formula is C14H15FN4O. The molecule has 0 radical (unpaired) electrons. The van der Waals surface area contributed by atoms with Gasteiger partial charge in [-0.05, 0) is 35.4 Å². The Labute approximate surface area is 116 Å². The van der Waals surface area contributed by atoms with Crippen molar-refractivity contribution in [1.29, 1.82) is 0 Å². The summed E-state index contributed by atoms with van der Waals surface area (Å²) in [6, 6.07) is 10.5. The lowest BCUT2D eigenvalue weighted by atomic mass is 10.0. The molecule has 0 unspecified atom stereocenters. The summed E-state index contributed by atoms with van der Waals surface area (Å²) in [6.45, 7) is -0.762. The molecule has 5 nitrogen and oxygen atoms in total. The highest BCUT2D eigenvalue weighted by Crippen LogP contribution is 2.24. The molecule has 0 saturated carbocycles. The molecule has 0 amide bonds. The molecular weight excluding hydrogens is 259 g/mol. The molecule has 0 aliphatic heterocycles. The molecule has 0 fully saturated rings. The molecule has 2 atom stereocenters. The number of hydrogen-bond acceptors (Lipinski definition) is 2. The first-order chi connectivity index (χ1) is 9.80. The van der Waals surface area contributed by atoms with Crippen LogP contribution in [0.25, 0.3) is 16.1 Å². The van der Waals surface area contributed by atoms with E-state index in [1.165, 1.54) is 7.11 Å². The fourth-order valence-electron chi connectivity index (χ4n) is 2.10. The first kappa shape index (κ1) is 14.1. The Morgan fingerprint density at radius 1 is 1.30 bits per heavy atom. The maximum atomic E-state index is 12.9. The molecule has 20 heavy (non-hydrogen) atoms. The van der Waals surface area contributed by atoms with Gasteiger partial charge in [-0.25, -0.2) is 0 Å². The quantitative estimate of drug-likeness (QED) is 0.448. The van der Waals surface area contributed by atoms with Gasteiger partial charge >= 0.3 is 0 Å². The number of methoxy groups -OCH3 is 1. The summed E-state index contributed by atoms with van der Waals surface area (Å²) in [4.78, 5) is 2.66. The molecule has 2 aromatic rings. The van der Waals surface area contributed by atoms with Crippen molar-refractivity contribution in [2.24, 2.45) is 5.11 Å². The lowest BCUT2D eigenvalue weighted by molar-refractivity contribution is 0.0722. The van der Waals surface area contributed by atoms with Crippen LogP contribution >= 0.6 is 0 Å². The number of rotatable bonds is 6. The van der Waals surface area contributed by atoms with Gasteiger partial charge in [0.15, 0.2) is 0 Å². The standard InChI is InChI=1S/C14H15FN4O/c1-20-14(13(10-15)17-18-16)11-4-6-12(7-5-11)19-8-2-3-9-19/h2-9,13-14H,10H2,1H3/t13-,14-/m1/s1. The molecule has 0 spiro atoms. The topological polar surface area (TPSA) is 62.9 Å². The van der Waals surface area contributed by atoms with Crippen molar-refractivity contribution >= 4 is 0 Å². The van der Waals surface area contributed by atoms with Gasteiger partial charge in [-0.1, -0.05) is 17.2 Å². The monoisotopic (exact) mass is 274 g/mol. The van der Waals surface area contributed by atoms with Crippen molar-refractivity contribution < 1.29 is 9.13 Å². The van der Waals surface area contributed by atoms with E-state index in [1.54, 1.807) is 0 Å². The second-order valence-corrected chi connectivity index (χ2v) is 4.26. The molecule has 1 aromatic carbocycles. The maximum absolute atomic E-state index is 12.9. The second kappa shape index (κ2) is 6.75. The van der Waals surface area contributed by atoms with Gasteiger partial charge in [0.05, 0.1) is 12.1 Å². The molecule has 0 N–H and O–H groups in total. The Bertz CT molecular complexity index is 576. The summed E-state index contributed by atoms with van der Waals surface area (Å²) in [7, 11) is 1.47. The molecule has 0 bridgehead atoms. The van der Waals surface area contributed by atoms with Crippen LogP contribution in [-0.2, 0) is 4.74 Å². The van der Waals surface area contributed by atoms with E-state index in [0.717, 1.165) is 11.3 Å². The average molecular weight is 274 g/mol. The van der Waals surface area contributed by atoms with E-state index in [0.29, 0.717) is 0 Å². The minimum absolute atomic E-state index is 0.588. The predicted octanol–water partition coefficient (Wildman–Crippen LogP) is 3.81. The number of alkyl halides is 1. The Kier molecular flexibility index (Phi) is 4.76. The van der Waals surface area contributed by atoms with Crippen molar-refractivity contribution in [2.75, 3.05) is 13.8 Å². The smallest absolute Gasteiger partial charge is 0.101 e. The van der Waals surface area contributed by atoms with Gasteiger partial charge in [0.25, 0.3) is 0 Å². The van der Waals surface area contributed by atoms with Crippen molar-refractivity contribution in [3.63, 3.8) is 0 Å². The summed E-state index contributed by atoms with van der Waals surface area (Å²) in [5.74, 6) is 0. The van der Waals surface area contributed by atoms with E-state index < -0.39 is 18.8 Å². The van der Waals surface area contributed by atoms with Crippen molar-refractivity contribution in [1.82, 2.24) is 4.57 Å². The van der Waals surface area contributed by atoms with Gasteiger partial charge in [0.1, 0.15) is 6.67 Å². The molecule has 2 rings (SSSR count). The molecule has 0 aliphatic rings. The predicted molar refractivity (Wildman–Crippen MR) is 74.4 cm³/mol. The first-order valence-corrected chi connectivity index (χ1v) is 6.16. The fraction of sp³-hybridized carbons (Fsp3) is 0.286. The zero-order valence-corrected chi connectivity index (χ0v) is 11.1. The summed E-state index contributed by atoms with van der Waals surface area (Å²) in [5.41, 5.74) is 10.2. The van der Waals surface area contributed by atoms with Gasteiger partial charge in [0, 0.05) is 30.1 Å². The number of halogens is 1. The number of benzene rings is 1. The van der Waals surface area contributed by atoms with Crippen LogP contribution in [0.2, 0.25) is 0 Å². The lowest BCUT2D eigenvalue weighted by Crippen LogP contribution is -2.20. The largest absolute Gasteiger partial charge is 0.376 e. The van der Waals surface area contributed by atoms with E-state index in [1.807, 2.05) is 53.4 Å². The average Bonchev–Trinajstić information content (AvgIpc) is 3.02. The molecule has 0 aliphatic carbocycles. The van der Waals surface area contributed by atoms with Crippen LogP contribution in [0, 0.1) is 0 Å². The van der Waals surface area contributed by atoms with Crippen molar-refractivity contribution in [2.45, 2.75) is 12.1 Å². The minimum atomic E-state index is -0.859. The third-order valence-electron chi connectivity index (χ3n) is 3.09. The summed E-state index contributed by atoms with van der Waals surface area (Å²) >= 11 is 0. The zero-order valence-electron chi connectivity index (χ0n) is 11.1. The van der Waals surface area contributed by atoms with Crippen LogP contribution in [0.1, 0.15) is 11.7 Å². The lowest BCUT2D eigenvalue weighted by Gasteiger charge is -2.20. The van der Waals surface area contributed by atoms with Crippen LogP contribution in [0.3, 0.4) is 0 Å². The normalized spacial score (nSPS) is 13.5. The molecule has 0 saturated heterocycles. The zero-order chi connectivity index (χ0) is 14.4. The van der Waals surface area contributed by atoms with E-state index in [-0.39, 0.29) is 0 Å². The van der Waals surface area contributed by atoms with Gasteiger partial charge in [-0.3, -0.25) is 4.39 Å². The highest BCUT2D eigenvalue weighted by Gasteiger charge is 2.22. The SMILES string of the molecule is CO[C@H](c1ccc(-n2cccc2)cc1)[C@@H](CF)N=[N+]=[N-]. The van der Waals surface area contributed by atoms with Crippen LogP contribution in [0.5, 0.6) is 0 Å². The van der Waals surface area contributed by atoms with Crippen LogP contribution < -0.4 is 0 Å². The van der Waals surface area contributed by atoms with Crippen LogP contribution in [-0.4, -0.2) is 24.4 Å². The fourth-order valence-corrected chi connectivity index (χ4v) is 2.10. The highest BCUT2D eigenvalue weighted by atomic mass is 19.1. The number of ether oxygens (including phenoxy) is 1. The molecule has 6 heteroatoms. The van der Waals surface area contributed by atoms with E-state index in [2.05, 4.69) is 10.0 Å². The van der Waals surface area contributed by atoms with Gasteiger partial charge in [-0.15, -0.1) is 0 Å². The highest BCUT2D eigenvalue weighted by molar-refractivity contribution is 5.36. The van der Waals surface area contributed by atoms with E-state index in [4.69, 9.17) is 10.3 Å². The Morgan fingerprint density at radius 3 is 2.45 bits per heavy atom. The number of hydrogen-bond donors (Lipinski definition) is 0. The molecule has 1 aromatic heterocycles. The Morgan fingerprint density at radius 2 is 1.95 bits per heavy atom. The third kappa shape index (κ3) is 2.99. The van der Waals surface area contributed by atoms with Gasteiger partial charge < -0.3 is 9.30 Å². The van der Waals surface area contributed by atoms with Gasteiger partial charge in [0.2, 0.25) is 0 Å². The summed E-state index contributed by atoms with van der Waals surface area (Å²) < 4.78 is 20.1. The van der Waals surface area contributed by atoms with E-state index >= 15 is 0 Å². The van der Waals surface area contributed by atoms with Crippen LogP contribution in [0.15, 0.2) is 53.9 Å². The second-order valence-electron chi connectivity index (χ2n) is 4.26. The Hall–Kier alpha value is -2.30. The Balaban J connectivity index is 2.25. The number of azide groups is 1. The van der Waals surface area contributed by atoms with Gasteiger partial charge in [-0.2, -0.15) is 0 Å². The molecule has 104 valence electrons. The summed E-state index contributed by atoms with van der Waals surface area (Å²) in [5, 5.41) is 3.44. The minimum Gasteiger partial charge on any atom is -0.376 e. The number of nitrogens with zero attached hydrogens (tertiary/aromatic N) is 4. The molecule has 1 heterocycles.